The molecule has 0 N–H and O–H groups in total. The highest BCUT2D eigenvalue weighted by molar-refractivity contribution is 5.93. The molecule has 4 rings (SSSR count). The molecule has 5 nitrogen and oxygen atoms in total. The maximum atomic E-state index is 14.3. The Morgan fingerprint density at radius 1 is 1.03 bits per heavy atom. The van der Waals surface area contributed by atoms with Crippen LogP contribution < -0.4 is 0 Å². The van der Waals surface area contributed by atoms with Gasteiger partial charge in [0.2, 0.25) is 0 Å². The van der Waals surface area contributed by atoms with Crippen LogP contribution in [0.5, 0.6) is 0 Å². The van der Waals surface area contributed by atoms with E-state index in [0.717, 1.165) is 11.3 Å². The average Bonchev–Trinajstić information content (AvgIpc) is 3.11. The van der Waals surface area contributed by atoms with Crippen LogP contribution in [0.2, 0.25) is 0 Å². The Bertz CT molecular complexity index is 1030. The molecule has 7 heteroatoms. The Labute approximate surface area is 168 Å². The molecule has 0 radical (unpaired) electrons. The lowest BCUT2D eigenvalue weighted by Crippen LogP contribution is -2.49. The summed E-state index contributed by atoms with van der Waals surface area (Å²) in [5.41, 5.74) is 2.42. The normalized spacial score (nSPS) is 17.5. The summed E-state index contributed by atoms with van der Waals surface area (Å²) in [6.07, 6.45) is 0. The zero-order chi connectivity index (χ0) is 20.5. The lowest BCUT2D eigenvalue weighted by Gasteiger charge is -2.39. The van der Waals surface area contributed by atoms with Crippen LogP contribution in [0.3, 0.4) is 0 Å². The first-order valence-corrected chi connectivity index (χ1v) is 9.48. The third-order valence-electron chi connectivity index (χ3n) is 5.44. The zero-order valence-electron chi connectivity index (χ0n) is 16.3. The van der Waals surface area contributed by atoms with Crippen LogP contribution in [0.4, 0.5) is 8.78 Å². The summed E-state index contributed by atoms with van der Waals surface area (Å²) in [5.74, 6) is -0.776. The lowest BCUT2D eigenvalue weighted by atomic mass is 10.0. The van der Waals surface area contributed by atoms with E-state index in [1.54, 1.807) is 53.0 Å². The number of halogens is 2. The molecule has 1 amide bonds. The van der Waals surface area contributed by atoms with Crippen LogP contribution in [-0.2, 0) is 7.05 Å². The molecule has 0 spiro atoms. The number of aromatic nitrogens is 2. The van der Waals surface area contributed by atoms with Gasteiger partial charge < -0.3 is 4.90 Å². The number of hydrogen-bond donors (Lipinski definition) is 0. The van der Waals surface area contributed by atoms with Gasteiger partial charge in [-0.1, -0.05) is 18.2 Å². The fourth-order valence-electron chi connectivity index (χ4n) is 3.76. The van der Waals surface area contributed by atoms with Gasteiger partial charge in [-0.2, -0.15) is 5.10 Å². The molecule has 0 bridgehead atoms. The Morgan fingerprint density at radius 2 is 1.76 bits per heavy atom. The predicted octanol–water partition coefficient (Wildman–Crippen LogP) is 3.49. The standard InChI is InChI=1S/C22H22F2N4O/c1-26-11-12-28(14-21(26)17-5-3-4-6-18(17)24)22(29)19-13-20(27(2)25-19)15-7-9-16(23)10-8-15/h3-10,13,21H,11-12,14H2,1-2H3. The van der Waals surface area contributed by atoms with Crippen molar-refractivity contribution in [1.82, 2.24) is 19.6 Å². The van der Waals surface area contributed by atoms with E-state index in [2.05, 4.69) is 10.00 Å². The van der Waals surface area contributed by atoms with E-state index in [4.69, 9.17) is 0 Å². The highest BCUT2D eigenvalue weighted by Crippen LogP contribution is 2.27. The van der Waals surface area contributed by atoms with Crippen molar-refractivity contribution in [1.29, 1.82) is 0 Å². The minimum Gasteiger partial charge on any atom is -0.334 e. The van der Waals surface area contributed by atoms with Gasteiger partial charge in [0.1, 0.15) is 11.6 Å². The molecule has 150 valence electrons. The quantitative estimate of drug-likeness (QED) is 0.681. The molecule has 1 atom stereocenters. The summed E-state index contributed by atoms with van der Waals surface area (Å²) >= 11 is 0. The van der Waals surface area contributed by atoms with E-state index >= 15 is 0 Å². The van der Waals surface area contributed by atoms with Crippen molar-refractivity contribution in [2.24, 2.45) is 7.05 Å². The zero-order valence-corrected chi connectivity index (χ0v) is 16.3. The van der Waals surface area contributed by atoms with Crippen LogP contribution in [0.15, 0.2) is 54.6 Å². The minimum atomic E-state index is -0.316. The molecule has 1 aliphatic rings. The lowest BCUT2D eigenvalue weighted by molar-refractivity contribution is 0.0534. The summed E-state index contributed by atoms with van der Waals surface area (Å²) in [7, 11) is 3.69. The Morgan fingerprint density at radius 3 is 2.48 bits per heavy atom. The molecule has 1 aliphatic heterocycles. The van der Waals surface area contributed by atoms with E-state index in [1.807, 2.05) is 7.05 Å². The highest BCUT2D eigenvalue weighted by Gasteiger charge is 2.31. The molecule has 1 aromatic heterocycles. The van der Waals surface area contributed by atoms with Gasteiger partial charge in [0.25, 0.3) is 5.91 Å². The second kappa shape index (κ2) is 7.75. The molecule has 3 aromatic rings. The minimum absolute atomic E-state index is 0.191. The van der Waals surface area contributed by atoms with E-state index in [9.17, 15) is 13.6 Å². The van der Waals surface area contributed by atoms with Crippen LogP contribution in [0.1, 0.15) is 22.1 Å². The van der Waals surface area contributed by atoms with Gasteiger partial charge in [-0.3, -0.25) is 14.4 Å². The Hall–Kier alpha value is -3.06. The van der Waals surface area contributed by atoms with Crippen molar-refractivity contribution in [2.75, 3.05) is 26.7 Å². The predicted molar refractivity (Wildman–Crippen MR) is 106 cm³/mol. The topological polar surface area (TPSA) is 41.4 Å². The number of hydrogen-bond acceptors (Lipinski definition) is 3. The molecule has 29 heavy (non-hydrogen) atoms. The maximum absolute atomic E-state index is 14.3. The van der Waals surface area contributed by atoms with Gasteiger partial charge in [-0.25, -0.2) is 8.78 Å². The summed E-state index contributed by atoms with van der Waals surface area (Å²) in [5, 5.41) is 4.36. The van der Waals surface area contributed by atoms with Crippen LogP contribution in [-0.4, -0.2) is 52.2 Å². The van der Waals surface area contributed by atoms with E-state index in [1.165, 1.54) is 18.2 Å². The molecule has 2 aromatic carbocycles. The smallest absolute Gasteiger partial charge is 0.274 e. The Balaban J connectivity index is 1.57. The molecule has 2 heterocycles. The Kier molecular flexibility index (Phi) is 5.15. The van der Waals surface area contributed by atoms with E-state index in [-0.39, 0.29) is 23.6 Å². The van der Waals surface area contributed by atoms with Crippen molar-refractivity contribution in [3.05, 3.63) is 77.5 Å². The first-order valence-electron chi connectivity index (χ1n) is 9.48. The number of aryl methyl sites for hydroxylation is 1. The number of amides is 1. The number of likely N-dealkylation sites (N-methyl/N-ethyl adjacent to an activating group) is 1. The van der Waals surface area contributed by atoms with Gasteiger partial charge in [-0.05, 0) is 49.0 Å². The monoisotopic (exact) mass is 396 g/mol. The van der Waals surface area contributed by atoms with Crippen molar-refractivity contribution in [3.63, 3.8) is 0 Å². The number of piperazine rings is 1. The first-order chi connectivity index (χ1) is 13.9. The number of nitrogens with zero attached hydrogens (tertiary/aromatic N) is 4. The fourth-order valence-corrected chi connectivity index (χ4v) is 3.76. The number of benzene rings is 2. The molecule has 1 saturated heterocycles. The number of carbonyl (C=O) groups excluding carboxylic acids is 1. The third-order valence-corrected chi connectivity index (χ3v) is 5.44. The second-order valence-electron chi connectivity index (χ2n) is 7.31. The number of rotatable bonds is 3. The highest BCUT2D eigenvalue weighted by atomic mass is 19.1. The van der Waals surface area contributed by atoms with Gasteiger partial charge >= 0.3 is 0 Å². The molecular weight excluding hydrogens is 374 g/mol. The van der Waals surface area contributed by atoms with Crippen molar-refractivity contribution >= 4 is 5.91 Å². The van der Waals surface area contributed by atoms with Gasteiger partial charge in [0, 0.05) is 32.2 Å². The average molecular weight is 396 g/mol. The van der Waals surface area contributed by atoms with Crippen LogP contribution in [0, 0.1) is 11.6 Å². The summed E-state index contributed by atoms with van der Waals surface area (Å²) < 4.78 is 29.1. The number of carbonyl (C=O) groups is 1. The summed E-state index contributed by atoms with van der Waals surface area (Å²) in [6, 6.07) is 14.2. The third kappa shape index (κ3) is 3.78. The van der Waals surface area contributed by atoms with Gasteiger partial charge in [0.05, 0.1) is 11.7 Å². The van der Waals surface area contributed by atoms with Crippen molar-refractivity contribution in [2.45, 2.75) is 6.04 Å². The molecule has 0 saturated carbocycles. The van der Waals surface area contributed by atoms with E-state index < -0.39 is 0 Å². The van der Waals surface area contributed by atoms with E-state index in [0.29, 0.717) is 30.9 Å². The largest absolute Gasteiger partial charge is 0.334 e. The van der Waals surface area contributed by atoms with Crippen LogP contribution >= 0.6 is 0 Å². The second-order valence-corrected chi connectivity index (χ2v) is 7.31. The van der Waals surface area contributed by atoms with Crippen molar-refractivity contribution in [3.8, 4) is 11.3 Å². The molecule has 1 fully saturated rings. The molecular formula is C22H22F2N4O. The van der Waals surface area contributed by atoms with Crippen molar-refractivity contribution < 1.29 is 13.6 Å². The molecule has 0 aliphatic carbocycles. The first kappa shape index (κ1) is 19.3. The SMILES string of the molecule is CN1CCN(C(=O)c2cc(-c3ccc(F)cc3)n(C)n2)CC1c1ccccc1F. The maximum Gasteiger partial charge on any atom is 0.274 e. The van der Waals surface area contributed by atoms with Gasteiger partial charge in [-0.15, -0.1) is 0 Å². The summed E-state index contributed by atoms with van der Waals surface area (Å²) in [6.45, 7) is 1.57. The molecule has 1 unspecified atom stereocenters. The van der Waals surface area contributed by atoms with Crippen LogP contribution in [0.25, 0.3) is 11.3 Å². The van der Waals surface area contributed by atoms with Gasteiger partial charge in [0.15, 0.2) is 5.69 Å². The summed E-state index contributed by atoms with van der Waals surface area (Å²) in [4.78, 5) is 16.9. The fraction of sp³-hybridized carbons (Fsp3) is 0.273.